The van der Waals surface area contributed by atoms with E-state index in [0.717, 1.165) is 41.1 Å². The minimum absolute atomic E-state index is 0.313. The Balaban J connectivity index is 1.60. The summed E-state index contributed by atoms with van der Waals surface area (Å²) in [7, 11) is -2.13. The molecule has 1 aliphatic carbocycles. The maximum Gasteiger partial charge on any atom is 0.336 e. The van der Waals surface area contributed by atoms with E-state index < -0.39 is 20.2 Å². The van der Waals surface area contributed by atoms with Crippen LogP contribution in [0.2, 0.25) is 13.1 Å². The van der Waals surface area contributed by atoms with Crippen molar-refractivity contribution in [3.63, 3.8) is 0 Å². The lowest BCUT2D eigenvalue weighted by Gasteiger charge is -2.41. The molecule has 1 N–H and O–H groups in total. The first-order valence-electron chi connectivity index (χ1n) is 12.4. The summed E-state index contributed by atoms with van der Waals surface area (Å²) in [5.41, 5.74) is 6.60. The fraction of sp³-hybridized carbons (Fsp3) is 0.310. The molecule has 0 amide bonds. The second-order valence-corrected chi connectivity index (χ2v) is 15.2. The molecular weight excluding hydrogens is 455 g/mol. The highest BCUT2D eigenvalue weighted by atomic mass is 28.3. The van der Waals surface area contributed by atoms with Crippen molar-refractivity contribution < 1.29 is 18.9 Å². The zero-order valence-electron chi connectivity index (χ0n) is 20.4. The van der Waals surface area contributed by atoms with Gasteiger partial charge in [0.15, 0.2) is 18.8 Å². The van der Waals surface area contributed by atoms with Crippen LogP contribution in [-0.4, -0.2) is 61.8 Å². The van der Waals surface area contributed by atoms with E-state index in [1.54, 1.807) is 12.1 Å². The summed E-state index contributed by atoms with van der Waals surface area (Å²) < 4.78 is 16.1. The third-order valence-corrected chi connectivity index (χ3v) is 11.5. The number of rotatable bonds is 3. The van der Waals surface area contributed by atoms with Gasteiger partial charge in [0, 0.05) is 17.8 Å². The Bertz CT molecular complexity index is 1390. The van der Waals surface area contributed by atoms with Gasteiger partial charge in [-0.25, -0.2) is 13.8 Å². The minimum atomic E-state index is -2.13. The van der Waals surface area contributed by atoms with E-state index in [-0.39, 0.29) is 0 Å². The number of nitrogens with zero attached hydrogens (tertiary/aromatic N) is 2. The molecule has 6 heteroatoms. The van der Waals surface area contributed by atoms with Gasteiger partial charge in [-0.3, -0.25) is 0 Å². The lowest BCUT2D eigenvalue weighted by atomic mass is 9.87. The molecule has 0 atom stereocenters. The number of benzene rings is 2. The van der Waals surface area contributed by atoms with E-state index >= 15 is 0 Å². The first-order valence-corrected chi connectivity index (χ1v) is 15.4. The Morgan fingerprint density at radius 1 is 1.09 bits per heavy atom. The lowest BCUT2D eigenvalue weighted by Crippen LogP contribution is -2.52. The molecule has 2 aromatic rings. The summed E-state index contributed by atoms with van der Waals surface area (Å²) in [6, 6.07) is 13.8. The fourth-order valence-electron chi connectivity index (χ4n) is 5.94. The normalized spacial score (nSPS) is 22.8. The van der Waals surface area contributed by atoms with Crippen LogP contribution in [0.4, 0.5) is 10.1 Å². The van der Waals surface area contributed by atoms with Gasteiger partial charge >= 0.3 is 5.97 Å². The van der Waals surface area contributed by atoms with Crippen molar-refractivity contribution >= 4 is 36.2 Å². The molecule has 3 heterocycles. The van der Waals surface area contributed by atoms with Crippen molar-refractivity contribution in [2.45, 2.75) is 26.2 Å². The molecule has 2 aromatic carbocycles. The zero-order chi connectivity index (χ0) is 24.5. The molecule has 178 valence electrons. The molecule has 3 aliphatic heterocycles. The molecule has 6 rings (SSSR count). The number of anilines is 1. The first-order chi connectivity index (χ1) is 16.7. The molecule has 2 saturated heterocycles. The number of halogens is 1. The molecule has 4 aliphatic rings. The monoisotopic (exact) mass is 485 g/mol. The van der Waals surface area contributed by atoms with Gasteiger partial charge in [-0.05, 0) is 56.9 Å². The predicted molar refractivity (Wildman–Crippen MR) is 141 cm³/mol. The maximum atomic E-state index is 13.6. The number of hydrogen-bond acceptors (Lipinski definition) is 2. The van der Waals surface area contributed by atoms with Crippen molar-refractivity contribution in [1.29, 1.82) is 0 Å². The number of carboxylic acid groups (broad SMARTS) is 1. The highest BCUT2D eigenvalue weighted by molar-refractivity contribution is 6.98. The highest BCUT2D eigenvalue weighted by Gasteiger charge is 2.42. The van der Waals surface area contributed by atoms with Crippen LogP contribution < -0.4 is 10.1 Å². The molecule has 0 radical (unpaired) electrons. The van der Waals surface area contributed by atoms with Crippen molar-refractivity contribution in [2.24, 2.45) is 5.92 Å². The Morgan fingerprint density at radius 2 is 1.83 bits per heavy atom. The molecule has 0 unspecified atom stereocenters. The Hall–Kier alpha value is -3.25. The van der Waals surface area contributed by atoms with Crippen LogP contribution in [0.5, 0.6) is 0 Å². The maximum absolute atomic E-state index is 13.6. The summed E-state index contributed by atoms with van der Waals surface area (Å²) in [6.07, 6.45) is 5.99. The average molecular weight is 486 g/mol. The largest absolute Gasteiger partial charge is 0.478 e. The number of fused-ring (bicyclic) bond motifs is 2. The Morgan fingerprint density at radius 3 is 2.51 bits per heavy atom. The Labute approximate surface area is 206 Å². The van der Waals surface area contributed by atoms with E-state index in [1.165, 1.54) is 16.1 Å². The van der Waals surface area contributed by atoms with Crippen LogP contribution in [0.1, 0.15) is 28.4 Å². The van der Waals surface area contributed by atoms with Gasteiger partial charge in [0.05, 0.1) is 24.6 Å². The summed E-state index contributed by atoms with van der Waals surface area (Å²) in [5, 5.41) is 12.6. The standard InChI is InChI=1S/C29H29FN2O2Si/c1-18-14-31(15-18)20-8-10-24-26(12-20)35(2,3)27-13-21(32-16-19(30)17-32)9-11-25(27)28(24)22-6-4-5-7-23(22)29(33)34/h4-13,18-19H,14-17H2,1-3H3/p+1. The topological polar surface area (TPSA) is 43.6 Å². The van der Waals surface area contributed by atoms with Gasteiger partial charge in [0.2, 0.25) is 0 Å². The molecule has 0 spiro atoms. The van der Waals surface area contributed by atoms with Crippen LogP contribution in [0.3, 0.4) is 0 Å². The van der Waals surface area contributed by atoms with Crippen molar-refractivity contribution in [2.75, 3.05) is 31.1 Å². The van der Waals surface area contributed by atoms with Crippen LogP contribution in [0.15, 0.2) is 71.5 Å². The van der Waals surface area contributed by atoms with Crippen molar-refractivity contribution in [1.82, 2.24) is 0 Å². The molecular formula is C29H30FN2O2Si+. The quantitative estimate of drug-likeness (QED) is 0.517. The molecule has 2 fully saturated rings. The SMILES string of the molecule is CC1C[N+](=C2C=CC3=C(c4ccccc4C(=O)O)c4ccc(N5CC(F)C5)cc4[Si](C)(C)C3=C2)C1. The van der Waals surface area contributed by atoms with Crippen LogP contribution in [0.25, 0.3) is 5.57 Å². The highest BCUT2D eigenvalue weighted by Crippen LogP contribution is 2.43. The first kappa shape index (κ1) is 22.2. The van der Waals surface area contributed by atoms with Crippen LogP contribution in [-0.2, 0) is 0 Å². The Kier molecular flexibility index (Phi) is 5.01. The number of carboxylic acids is 1. The van der Waals surface area contributed by atoms with Gasteiger partial charge in [0.25, 0.3) is 0 Å². The van der Waals surface area contributed by atoms with Crippen molar-refractivity contribution in [3.05, 3.63) is 88.2 Å². The van der Waals surface area contributed by atoms with E-state index in [2.05, 4.69) is 65.9 Å². The average Bonchev–Trinajstić information content (AvgIpc) is 2.80. The number of carbonyl (C=O) groups is 1. The van der Waals surface area contributed by atoms with Gasteiger partial charge in [-0.2, -0.15) is 0 Å². The van der Waals surface area contributed by atoms with Gasteiger partial charge in [0.1, 0.15) is 14.2 Å². The van der Waals surface area contributed by atoms with E-state index in [1.807, 2.05) is 12.1 Å². The third kappa shape index (κ3) is 3.46. The lowest BCUT2D eigenvalue weighted by molar-refractivity contribution is -0.601. The smallest absolute Gasteiger partial charge is 0.336 e. The summed E-state index contributed by atoms with van der Waals surface area (Å²) >= 11 is 0. The van der Waals surface area contributed by atoms with Crippen LogP contribution in [0, 0.1) is 5.92 Å². The van der Waals surface area contributed by atoms with Gasteiger partial charge in [-0.15, -0.1) is 0 Å². The molecule has 0 bridgehead atoms. The van der Waals surface area contributed by atoms with Crippen molar-refractivity contribution in [3.8, 4) is 0 Å². The number of hydrogen-bond donors (Lipinski definition) is 1. The number of aromatic carboxylic acids is 1. The predicted octanol–water partition coefficient (Wildman–Crippen LogP) is 4.41. The molecule has 4 nitrogen and oxygen atoms in total. The summed E-state index contributed by atoms with van der Waals surface area (Å²) in [5.74, 6) is -0.212. The van der Waals surface area contributed by atoms with Gasteiger partial charge in [-0.1, -0.05) is 44.3 Å². The van der Waals surface area contributed by atoms with E-state index in [9.17, 15) is 14.3 Å². The van der Waals surface area contributed by atoms with E-state index in [0.29, 0.717) is 24.6 Å². The summed E-state index contributed by atoms with van der Waals surface area (Å²) in [6.45, 7) is 10.0. The van der Waals surface area contributed by atoms with Crippen LogP contribution >= 0.6 is 0 Å². The van der Waals surface area contributed by atoms with E-state index in [4.69, 9.17) is 0 Å². The fourth-order valence-corrected chi connectivity index (χ4v) is 9.01. The molecule has 0 aromatic heterocycles. The second-order valence-electron chi connectivity index (χ2n) is 10.8. The number of allylic oxidation sites excluding steroid dienone is 5. The minimum Gasteiger partial charge on any atom is -0.478 e. The zero-order valence-corrected chi connectivity index (χ0v) is 21.4. The molecule has 35 heavy (non-hydrogen) atoms. The molecule has 0 saturated carbocycles. The second kappa shape index (κ2) is 7.88. The summed E-state index contributed by atoms with van der Waals surface area (Å²) in [4.78, 5) is 14.3. The number of alkyl halides is 1. The third-order valence-electron chi connectivity index (χ3n) is 7.95. The van der Waals surface area contributed by atoms with Gasteiger partial charge < -0.3 is 10.0 Å².